The smallest absolute Gasteiger partial charge is 0.232 e. The molecule has 1 aromatic rings. The molecule has 0 unspecified atom stereocenters. The summed E-state index contributed by atoms with van der Waals surface area (Å²) in [5.74, 6) is 1.89. The third-order valence-electron chi connectivity index (χ3n) is 2.91. The van der Waals surface area contributed by atoms with Gasteiger partial charge in [-0.25, -0.2) is 4.98 Å². The van der Waals surface area contributed by atoms with Crippen LogP contribution in [0.2, 0.25) is 0 Å². The van der Waals surface area contributed by atoms with Gasteiger partial charge in [0.15, 0.2) is 0 Å². The molecule has 0 spiro atoms. The fourth-order valence-corrected chi connectivity index (χ4v) is 2.25. The summed E-state index contributed by atoms with van der Waals surface area (Å²) in [5, 5.41) is 6.62. The van der Waals surface area contributed by atoms with Crippen LogP contribution in [0.5, 0.6) is 5.88 Å². The van der Waals surface area contributed by atoms with Gasteiger partial charge in [-0.2, -0.15) is 4.98 Å². The highest BCUT2D eigenvalue weighted by Gasteiger charge is 2.13. The predicted octanol–water partition coefficient (Wildman–Crippen LogP) is 1.66. The van der Waals surface area contributed by atoms with Crippen LogP contribution in [0.15, 0.2) is 10.7 Å². The largest absolute Gasteiger partial charge is 0.480 e. The second kappa shape index (κ2) is 6.16. The number of ether oxygens (including phenoxy) is 1. The Balaban J connectivity index is 1.89. The zero-order chi connectivity index (χ0) is 12.1. The summed E-state index contributed by atoms with van der Waals surface area (Å²) in [6.07, 6.45) is 4.12. The molecule has 6 heteroatoms. The quantitative estimate of drug-likeness (QED) is 0.886. The van der Waals surface area contributed by atoms with E-state index < -0.39 is 0 Å². The van der Waals surface area contributed by atoms with Crippen LogP contribution in [0.3, 0.4) is 0 Å². The number of aromatic nitrogens is 2. The number of methoxy groups -OCH3 is 1. The average Bonchev–Trinajstić information content (AvgIpc) is 2.39. The topological polar surface area (TPSA) is 59.1 Å². The molecule has 0 atom stereocenters. The summed E-state index contributed by atoms with van der Waals surface area (Å²) < 4.78 is 5.90. The highest BCUT2D eigenvalue weighted by Crippen LogP contribution is 2.22. The molecule has 0 radical (unpaired) electrons. The van der Waals surface area contributed by atoms with E-state index in [1.165, 1.54) is 12.8 Å². The molecule has 17 heavy (non-hydrogen) atoms. The lowest BCUT2D eigenvalue weighted by Gasteiger charge is -2.22. The minimum atomic E-state index is 0.563. The number of nitrogens with one attached hydrogen (secondary N) is 2. The Hall–Kier alpha value is -0.880. The minimum Gasteiger partial charge on any atom is -0.480 e. The lowest BCUT2D eigenvalue weighted by Crippen LogP contribution is -2.31. The zero-order valence-corrected chi connectivity index (χ0v) is 11.5. The maximum absolute atomic E-state index is 5.13. The highest BCUT2D eigenvalue weighted by molar-refractivity contribution is 9.10. The molecule has 0 amide bonds. The van der Waals surface area contributed by atoms with Gasteiger partial charge in [0, 0.05) is 6.54 Å². The summed E-state index contributed by atoms with van der Waals surface area (Å²) in [5.41, 5.74) is 0. The van der Waals surface area contributed by atoms with Crippen LogP contribution >= 0.6 is 15.9 Å². The van der Waals surface area contributed by atoms with Gasteiger partial charge in [0.2, 0.25) is 11.8 Å². The van der Waals surface area contributed by atoms with E-state index in [4.69, 9.17) is 4.74 Å². The molecular weight excluding hydrogens is 284 g/mol. The van der Waals surface area contributed by atoms with Crippen molar-refractivity contribution >= 4 is 21.9 Å². The van der Waals surface area contributed by atoms with Crippen molar-refractivity contribution in [1.82, 2.24) is 15.3 Å². The van der Waals surface area contributed by atoms with Gasteiger partial charge in [0.1, 0.15) is 0 Å². The fourth-order valence-electron chi connectivity index (χ4n) is 1.90. The molecule has 2 rings (SSSR count). The molecule has 1 aromatic heterocycles. The molecule has 1 aliphatic heterocycles. The molecule has 0 aliphatic carbocycles. The van der Waals surface area contributed by atoms with Crippen LogP contribution in [0.1, 0.15) is 12.8 Å². The van der Waals surface area contributed by atoms with Crippen LogP contribution in [0.4, 0.5) is 5.95 Å². The second-order valence-electron chi connectivity index (χ2n) is 4.13. The molecule has 2 N–H and O–H groups in total. The van der Waals surface area contributed by atoms with E-state index in [0.717, 1.165) is 24.1 Å². The monoisotopic (exact) mass is 300 g/mol. The number of nitrogens with zero attached hydrogens (tertiary/aromatic N) is 2. The van der Waals surface area contributed by atoms with Crippen molar-refractivity contribution in [2.45, 2.75) is 12.8 Å². The van der Waals surface area contributed by atoms with Crippen LogP contribution in [0.25, 0.3) is 0 Å². The highest BCUT2D eigenvalue weighted by atomic mass is 79.9. The van der Waals surface area contributed by atoms with Gasteiger partial charge < -0.3 is 15.4 Å². The number of piperidine rings is 1. The Morgan fingerprint density at radius 1 is 1.53 bits per heavy atom. The normalized spacial score (nSPS) is 16.8. The molecule has 1 saturated heterocycles. The van der Waals surface area contributed by atoms with Crippen molar-refractivity contribution in [3.63, 3.8) is 0 Å². The minimum absolute atomic E-state index is 0.563. The summed E-state index contributed by atoms with van der Waals surface area (Å²) in [4.78, 5) is 8.47. The lowest BCUT2D eigenvalue weighted by molar-refractivity contribution is 0.386. The third kappa shape index (κ3) is 3.54. The molecule has 0 saturated carbocycles. The first-order chi connectivity index (χ1) is 8.29. The van der Waals surface area contributed by atoms with Crippen molar-refractivity contribution < 1.29 is 4.74 Å². The fraction of sp³-hybridized carbons (Fsp3) is 0.636. The maximum Gasteiger partial charge on any atom is 0.232 e. The molecule has 0 bridgehead atoms. The van der Waals surface area contributed by atoms with Crippen LogP contribution in [0, 0.1) is 5.92 Å². The summed E-state index contributed by atoms with van der Waals surface area (Å²) in [6, 6.07) is 0. The van der Waals surface area contributed by atoms with E-state index in [1.54, 1.807) is 13.3 Å². The first-order valence-electron chi connectivity index (χ1n) is 5.80. The Labute approximate surface area is 110 Å². The molecular formula is C11H17BrN4O. The van der Waals surface area contributed by atoms with Gasteiger partial charge in [-0.1, -0.05) is 0 Å². The standard InChI is InChI=1S/C11H17BrN4O/c1-17-10-9(12)7-15-11(16-10)14-6-8-2-4-13-5-3-8/h7-8,13H,2-6H2,1H3,(H,14,15,16). The van der Waals surface area contributed by atoms with Crippen molar-refractivity contribution in [2.24, 2.45) is 5.92 Å². The summed E-state index contributed by atoms with van der Waals surface area (Å²) >= 11 is 3.33. The number of hydrogen-bond donors (Lipinski definition) is 2. The van der Waals surface area contributed by atoms with Crippen molar-refractivity contribution in [2.75, 3.05) is 32.1 Å². The first-order valence-corrected chi connectivity index (χ1v) is 6.60. The van der Waals surface area contributed by atoms with Crippen molar-refractivity contribution in [1.29, 1.82) is 0 Å². The molecule has 5 nitrogen and oxygen atoms in total. The summed E-state index contributed by atoms with van der Waals surface area (Å²) in [7, 11) is 1.60. The van der Waals surface area contributed by atoms with E-state index in [0.29, 0.717) is 17.7 Å². The number of rotatable bonds is 4. The molecule has 1 aliphatic rings. The van der Waals surface area contributed by atoms with Crippen LogP contribution in [-0.2, 0) is 0 Å². The van der Waals surface area contributed by atoms with Gasteiger partial charge in [-0.15, -0.1) is 0 Å². The Bertz CT molecular complexity index is 368. The number of anilines is 1. The number of hydrogen-bond acceptors (Lipinski definition) is 5. The second-order valence-corrected chi connectivity index (χ2v) is 4.98. The van der Waals surface area contributed by atoms with E-state index in [-0.39, 0.29) is 0 Å². The Morgan fingerprint density at radius 2 is 2.29 bits per heavy atom. The third-order valence-corrected chi connectivity index (χ3v) is 3.46. The predicted molar refractivity (Wildman–Crippen MR) is 70.4 cm³/mol. The SMILES string of the molecule is COc1nc(NCC2CCNCC2)ncc1Br. The van der Waals surface area contributed by atoms with Gasteiger partial charge in [0.05, 0.1) is 17.8 Å². The van der Waals surface area contributed by atoms with Crippen LogP contribution < -0.4 is 15.4 Å². The Morgan fingerprint density at radius 3 is 3.00 bits per heavy atom. The van der Waals surface area contributed by atoms with E-state index in [1.807, 2.05) is 0 Å². The first kappa shape index (κ1) is 12.6. The average molecular weight is 301 g/mol. The summed E-state index contributed by atoms with van der Waals surface area (Å²) in [6.45, 7) is 3.14. The zero-order valence-electron chi connectivity index (χ0n) is 9.87. The van der Waals surface area contributed by atoms with E-state index >= 15 is 0 Å². The maximum atomic E-state index is 5.13. The van der Waals surface area contributed by atoms with Gasteiger partial charge >= 0.3 is 0 Å². The molecule has 2 heterocycles. The van der Waals surface area contributed by atoms with Gasteiger partial charge in [-0.05, 0) is 47.8 Å². The number of halogens is 1. The Kier molecular flexibility index (Phi) is 4.56. The molecule has 0 aromatic carbocycles. The van der Waals surface area contributed by atoms with Crippen molar-refractivity contribution in [3.05, 3.63) is 10.7 Å². The van der Waals surface area contributed by atoms with E-state index in [2.05, 4.69) is 36.5 Å². The van der Waals surface area contributed by atoms with Gasteiger partial charge in [-0.3, -0.25) is 0 Å². The van der Waals surface area contributed by atoms with Crippen molar-refractivity contribution in [3.8, 4) is 5.88 Å². The van der Waals surface area contributed by atoms with Gasteiger partial charge in [0.25, 0.3) is 0 Å². The van der Waals surface area contributed by atoms with Crippen LogP contribution in [-0.4, -0.2) is 36.7 Å². The molecule has 94 valence electrons. The van der Waals surface area contributed by atoms with E-state index in [9.17, 15) is 0 Å². The lowest BCUT2D eigenvalue weighted by atomic mass is 9.98. The molecule has 1 fully saturated rings.